The molecule has 0 bridgehead atoms. The summed E-state index contributed by atoms with van der Waals surface area (Å²) in [5, 5.41) is -0.642. The first kappa shape index (κ1) is 17.4. The number of rotatable bonds is 7. The summed E-state index contributed by atoms with van der Waals surface area (Å²) in [6.07, 6.45) is 3.68. The Kier molecular flexibility index (Phi) is 6.45. The van der Waals surface area contributed by atoms with Gasteiger partial charge in [-0.25, -0.2) is 13.1 Å². The molecule has 5 nitrogen and oxygen atoms in total. The van der Waals surface area contributed by atoms with Crippen LogP contribution in [-0.2, 0) is 19.6 Å². The van der Waals surface area contributed by atoms with Gasteiger partial charge in [-0.1, -0.05) is 20.3 Å². The van der Waals surface area contributed by atoms with Gasteiger partial charge in [0, 0.05) is 6.04 Å². The third-order valence-electron chi connectivity index (χ3n) is 3.90. The Morgan fingerprint density at radius 2 is 1.90 bits per heavy atom. The molecule has 1 N–H and O–H groups in total. The van der Waals surface area contributed by atoms with E-state index in [0.717, 1.165) is 19.3 Å². The number of sulfonamides is 1. The number of carbonyl (C=O) groups excluding carboxylic acids is 1. The van der Waals surface area contributed by atoms with Gasteiger partial charge >= 0.3 is 5.97 Å². The second-order valence-electron chi connectivity index (χ2n) is 6.13. The molecular weight excluding hydrogens is 278 g/mol. The lowest BCUT2D eigenvalue weighted by molar-refractivity contribution is -0.145. The molecule has 0 aliphatic heterocycles. The van der Waals surface area contributed by atoms with Gasteiger partial charge in [0.05, 0.1) is 18.3 Å². The Balaban J connectivity index is 2.65. The van der Waals surface area contributed by atoms with Crippen molar-refractivity contribution in [2.24, 2.45) is 11.8 Å². The molecule has 0 spiro atoms. The number of methoxy groups -OCH3 is 1. The van der Waals surface area contributed by atoms with Crippen LogP contribution in [0.5, 0.6) is 0 Å². The van der Waals surface area contributed by atoms with E-state index in [9.17, 15) is 13.2 Å². The van der Waals surface area contributed by atoms with Crippen LogP contribution in [0.1, 0.15) is 52.9 Å². The van der Waals surface area contributed by atoms with Crippen LogP contribution in [0.4, 0.5) is 0 Å². The summed E-state index contributed by atoms with van der Waals surface area (Å²) in [6.45, 7) is 6.11. The number of hydrogen-bond acceptors (Lipinski definition) is 4. The molecule has 0 aromatic heterocycles. The summed E-state index contributed by atoms with van der Waals surface area (Å²) in [5.41, 5.74) is 0. The highest BCUT2D eigenvalue weighted by Gasteiger charge is 2.42. The van der Waals surface area contributed by atoms with Crippen molar-refractivity contribution in [3.8, 4) is 0 Å². The molecule has 3 atom stereocenters. The molecule has 1 aliphatic rings. The lowest BCUT2D eigenvalue weighted by atomic mass is 10.1. The lowest BCUT2D eigenvalue weighted by Crippen LogP contribution is -2.43. The molecule has 20 heavy (non-hydrogen) atoms. The summed E-state index contributed by atoms with van der Waals surface area (Å²) >= 11 is 0. The maximum absolute atomic E-state index is 12.4. The van der Waals surface area contributed by atoms with E-state index in [2.05, 4.69) is 18.6 Å². The van der Waals surface area contributed by atoms with Crippen molar-refractivity contribution in [3.05, 3.63) is 0 Å². The number of hydrogen-bond donors (Lipinski definition) is 1. The Morgan fingerprint density at radius 3 is 2.45 bits per heavy atom. The maximum Gasteiger partial charge on any atom is 0.310 e. The smallest absolute Gasteiger partial charge is 0.310 e. The molecule has 0 amide bonds. The van der Waals surface area contributed by atoms with Gasteiger partial charge in [0.25, 0.3) is 0 Å². The number of nitrogens with one attached hydrogen (secondary N) is 1. The van der Waals surface area contributed by atoms with Crippen molar-refractivity contribution in [1.82, 2.24) is 4.72 Å². The average molecular weight is 305 g/mol. The van der Waals surface area contributed by atoms with Crippen molar-refractivity contribution >= 4 is 16.0 Å². The fourth-order valence-corrected chi connectivity index (χ4v) is 4.74. The summed E-state index contributed by atoms with van der Waals surface area (Å²) in [7, 11) is -2.15. The van der Waals surface area contributed by atoms with Crippen molar-refractivity contribution in [1.29, 1.82) is 0 Å². The Morgan fingerprint density at radius 1 is 1.25 bits per heavy atom. The van der Waals surface area contributed by atoms with Crippen molar-refractivity contribution in [2.75, 3.05) is 7.11 Å². The van der Waals surface area contributed by atoms with Crippen LogP contribution in [0.3, 0.4) is 0 Å². The Bertz CT molecular complexity index is 419. The minimum atomic E-state index is -3.46. The minimum Gasteiger partial charge on any atom is -0.469 e. The summed E-state index contributed by atoms with van der Waals surface area (Å²) in [5.74, 6) is -0.376. The second-order valence-corrected chi connectivity index (χ2v) is 8.07. The zero-order valence-electron chi connectivity index (χ0n) is 12.9. The third kappa shape index (κ3) is 4.74. The molecule has 1 rings (SSSR count). The van der Waals surface area contributed by atoms with Gasteiger partial charge in [0.1, 0.15) is 0 Å². The fourth-order valence-electron chi connectivity index (χ4n) is 2.73. The highest BCUT2D eigenvalue weighted by molar-refractivity contribution is 7.90. The van der Waals surface area contributed by atoms with E-state index < -0.39 is 27.2 Å². The Hall–Kier alpha value is -0.620. The van der Waals surface area contributed by atoms with E-state index >= 15 is 0 Å². The van der Waals surface area contributed by atoms with E-state index in [1.54, 1.807) is 0 Å². The average Bonchev–Trinajstić information content (AvgIpc) is 2.85. The first-order valence-electron chi connectivity index (χ1n) is 7.37. The van der Waals surface area contributed by atoms with Gasteiger partial charge < -0.3 is 4.74 Å². The van der Waals surface area contributed by atoms with E-state index in [0.29, 0.717) is 18.8 Å². The summed E-state index contributed by atoms with van der Waals surface area (Å²) in [6, 6.07) is -0.0960. The summed E-state index contributed by atoms with van der Waals surface area (Å²) < 4.78 is 32.2. The van der Waals surface area contributed by atoms with Gasteiger partial charge in [-0.05, 0) is 38.5 Å². The molecule has 1 aliphatic carbocycles. The third-order valence-corrected chi connectivity index (χ3v) is 5.99. The highest BCUT2D eigenvalue weighted by Crippen LogP contribution is 2.32. The first-order valence-corrected chi connectivity index (χ1v) is 8.91. The van der Waals surface area contributed by atoms with Crippen LogP contribution in [0.2, 0.25) is 0 Å². The molecule has 0 heterocycles. The number of esters is 1. The largest absolute Gasteiger partial charge is 0.469 e. The quantitative estimate of drug-likeness (QED) is 0.731. The van der Waals surface area contributed by atoms with E-state index in [4.69, 9.17) is 4.74 Å². The monoisotopic (exact) mass is 305 g/mol. The molecule has 0 aromatic carbocycles. The van der Waals surface area contributed by atoms with Crippen molar-refractivity contribution in [2.45, 2.75) is 64.2 Å². The molecule has 0 radical (unpaired) electrons. The zero-order valence-corrected chi connectivity index (χ0v) is 13.7. The standard InChI is InChI=1S/C14H27NO4S/c1-10(2)8-9-11(3)15-20(17,18)13-7-5-6-12(13)14(16)19-4/h10-13,15H,5-9H2,1-4H3. The normalized spacial score (nSPS) is 24.9. The lowest BCUT2D eigenvalue weighted by Gasteiger charge is -2.22. The highest BCUT2D eigenvalue weighted by atomic mass is 32.2. The SMILES string of the molecule is COC(=O)C1CCCC1S(=O)(=O)NC(C)CCC(C)C. The predicted octanol–water partition coefficient (Wildman–Crippen LogP) is 2.07. The van der Waals surface area contributed by atoms with Crippen LogP contribution in [0, 0.1) is 11.8 Å². The molecular formula is C14H27NO4S. The fraction of sp³-hybridized carbons (Fsp3) is 0.929. The maximum atomic E-state index is 12.4. The molecule has 0 saturated heterocycles. The zero-order chi connectivity index (χ0) is 15.3. The number of carbonyl (C=O) groups is 1. The summed E-state index contributed by atoms with van der Waals surface area (Å²) in [4.78, 5) is 11.7. The molecule has 1 fully saturated rings. The van der Waals surface area contributed by atoms with Gasteiger partial charge in [0.2, 0.25) is 10.0 Å². The van der Waals surface area contributed by atoms with Gasteiger partial charge in [-0.15, -0.1) is 0 Å². The van der Waals surface area contributed by atoms with Crippen molar-refractivity contribution < 1.29 is 17.9 Å². The second kappa shape index (κ2) is 7.41. The minimum absolute atomic E-state index is 0.0960. The topological polar surface area (TPSA) is 72.5 Å². The van der Waals surface area contributed by atoms with Crippen LogP contribution in [0.15, 0.2) is 0 Å². The van der Waals surface area contributed by atoms with Crippen LogP contribution >= 0.6 is 0 Å². The molecule has 3 unspecified atom stereocenters. The van der Waals surface area contributed by atoms with Gasteiger partial charge in [0.15, 0.2) is 0 Å². The van der Waals surface area contributed by atoms with Crippen molar-refractivity contribution in [3.63, 3.8) is 0 Å². The molecule has 0 aromatic rings. The first-order chi connectivity index (χ1) is 9.27. The number of ether oxygens (including phenoxy) is 1. The van der Waals surface area contributed by atoms with Crippen LogP contribution in [-0.4, -0.2) is 32.8 Å². The molecule has 6 heteroatoms. The van der Waals surface area contributed by atoms with E-state index in [1.165, 1.54) is 7.11 Å². The molecule has 118 valence electrons. The van der Waals surface area contributed by atoms with Crippen LogP contribution < -0.4 is 4.72 Å². The van der Waals surface area contributed by atoms with Gasteiger partial charge in [-0.2, -0.15) is 0 Å². The van der Waals surface area contributed by atoms with Gasteiger partial charge in [-0.3, -0.25) is 4.79 Å². The van der Waals surface area contributed by atoms with E-state index in [-0.39, 0.29) is 6.04 Å². The van der Waals surface area contributed by atoms with E-state index in [1.807, 2.05) is 6.92 Å². The van der Waals surface area contributed by atoms with Crippen LogP contribution in [0.25, 0.3) is 0 Å². The predicted molar refractivity (Wildman–Crippen MR) is 78.7 cm³/mol. The Labute approximate surface area is 122 Å². The molecule has 1 saturated carbocycles.